The van der Waals surface area contributed by atoms with E-state index in [4.69, 9.17) is 0 Å². The molecule has 0 aliphatic heterocycles. The molecule has 0 aromatic heterocycles. The summed E-state index contributed by atoms with van der Waals surface area (Å²) in [6.07, 6.45) is 0. The smallest absolute Gasteiger partial charge is 0.0324 e. The highest BCUT2D eigenvalue weighted by Crippen LogP contribution is 2.68. The van der Waals surface area contributed by atoms with Crippen molar-refractivity contribution in [1.29, 1.82) is 0 Å². The molecule has 0 atom stereocenters. The Morgan fingerprint density at radius 1 is 0.288 bits per heavy atom. The SMILES string of the molecule is CC(C)(C)C1(C(C)(C)C)c2c(ccc3cc(-c4c5ccccc5c(-c5ccc(-c6ccccc6)cc5)c5ccccc45)ccc23)-c2c1c1ccccc1c1ccccc21. The van der Waals surface area contributed by atoms with Crippen molar-refractivity contribution in [3.8, 4) is 44.5 Å². The average molecular weight is 757 g/mol. The van der Waals surface area contributed by atoms with E-state index < -0.39 is 0 Å². The van der Waals surface area contributed by atoms with Crippen molar-refractivity contribution in [2.45, 2.75) is 47.0 Å². The molecular formula is C59H48. The van der Waals surface area contributed by atoms with Crippen LogP contribution in [0.25, 0.3) is 98.4 Å². The molecule has 0 heterocycles. The van der Waals surface area contributed by atoms with Crippen molar-refractivity contribution in [2.75, 3.05) is 0 Å². The molecule has 59 heavy (non-hydrogen) atoms. The standard InChI is InChI=1S/C59H48/c1-57(2,3)59(58(4,5)6)55-42-34-33-41(36-40(42)32-35-51(55)54-45-22-12-10-20-43(45)44-21-11-17-27-50(44)56(54)59)53-48-25-15-13-23-46(48)52(47-24-14-16-26-49(47)53)39-30-28-38(29-31-39)37-18-8-7-9-19-37/h7-36H,1-6H3. The minimum Gasteiger partial charge on any atom is -0.0622 e. The first kappa shape index (κ1) is 35.6. The summed E-state index contributed by atoms with van der Waals surface area (Å²) in [6.45, 7) is 14.9. The van der Waals surface area contributed by atoms with Gasteiger partial charge in [-0.25, -0.2) is 0 Å². The summed E-state index contributed by atoms with van der Waals surface area (Å²) >= 11 is 0. The predicted molar refractivity (Wildman–Crippen MR) is 255 cm³/mol. The molecule has 1 aliphatic rings. The number of hydrogen-bond donors (Lipinski definition) is 0. The molecule has 0 saturated carbocycles. The van der Waals surface area contributed by atoms with Gasteiger partial charge in [-0.05, 0) is 126 Å². The highest BCUT2D eigenvalue weighted by molar-refractivity contribution is 6.23. The van der Waals surface area contributed by atoms with E-state index in [1.165, 1.54) is 109 Å². The molecular weight excluding hydrogens is 709 g/mol. The maximum absolute atomic E-state index is 2.48. The number of rotatable bonds is 3. The Morgan fingerprint density at radius 2 is 0.695 bits per heavy atom. The maximum atomic E-state index is 2.48. The van der Waals surface area contributed by atoms with Crippen molar-refractivity contribution in [3.63, 3.8) is 0 Å². The van der Waals surface area contributed by atoms with Crippen molar-refractivity contribution in [3.05, 3.63) is 193 Å². The van der Waals surface area contributed by atoms with Gasteiger partial charge in [0, 0.05) is 5.41 Å². The van der Waals surface area contributed by atoms with Crippen molar-refractivity contribution < 1.29 is 0 Å². The zero-order valence-electron chi connectivity index (χ0n) is 34.8. The molecule has 0 amide bonds. The topological polar surface area (TPSA) is 0 Å². The van der Waals surface area contributed by atoms with Crippen LogP contribution in [0, 0.1) is 10.8 Å². The van der Waals surface area contributed by atoms with Gasteiger partial charge in [-0.15, -0.1) is 0 Å². The highest BCUT2D eigenvalue weighted by atomic mass is 14.6. The Bertz CT molecular complexity index is 3240. The van der Waals surface area contributed by atoms with Crippen LogP contribution in [0.5, 0.6) is 0 Å². The van der Waals surface area contributed by atoms with Gasteiger partial charge in [0.15, 0.2) is 0 Å². The van der Waals surface area contributed by atoms with E-state index >= 15 is 0 Å². The Hall–Kier alpha value is -6.50. The van der Waals surface area contributed by atoms with Gasteiger partial charge in [-0.2, -0.15) is 0 Å². The van der Waals surface area contributed by atoms with Gasteiger partial charge in [0.2, 0.25) is 0 Å². The third-order valence-corrected chi connectivity index (χ3v) is 13.7. The van der Waals surface area contributed by atoms with Crippen LogP contribution in [0.15, 0.2) is 182 Å². The van der Waals surface area contributed by atoms with Crippen LogP contribution in [0.4, 0.5) is 0 Å². The fraction of sp³-hybridized carbons (Fsp3) is 0.153. The predicted octanol–water partition coefficient (Wildman–Crippen LogP) is 16.8. The molecule has 0 N–H and O–H groups in total. The maximum Gasteiger partial charge on any atom is 0.0324 e. The van der Waals surface area contributed by atoms with Crippen LogP contribution < -0.4 is 0 Å². The van der Waals surface area contributed by atoms with Crippen LogP contribution >= 0.6 is 0 Å². The van der Waals surface area contributed by atoms with Gasteiger partial charge < -0.3 is 0 Å². The largest absolute Gasteiger partial charge is 0.0622 e. The van der Waals surface area contributed by atoms with E-state index in [-0.39, 0.29) is 16.2 Å². The van der Waals surface area contributed by atoms with Gasteiger partial charge in [-0.3, -0.25) is 0 Å². The summed E-state index contributed by atoms with van der Waals surface area (Å²) in [5.74, 6) is 0. The van der Waals surface area contributed by atoms with Crippen molar-refractivity contribution in [2.24, 2.45) is 10.8 Å². The lowest BCUT2D eigenvalue weighted by atomic mass is 9.49. The Balaban J connectivity index is 1.18. The second-order valence-electron chi connectivity index (χ2n) is 18.8. The number of hydrogen-bond acceptors (Lipinski definition) is 0. The molecule has 0 unspecified atom stereocenters. The van der Waals surface area contributed by atoms with Gasteiger partial charge in [0.05, 0.1) is 0 Å². The zero-order valence-corrected chi connectivity index (χ0v) is 34.8. The van der Waals surface area contributed by atoms with Crippen LogP contribution in [0.3, 0.4) is 0 Å². The Kier molecular flexibility index (Phi) is 7.70. The summed E-state index contributed by atoms with van der Waals surface area (Å²) in [4.78, 5) is 0. The third-order valence-electron chi connectivity index (χ3n) is 13.7. The monoisotopic (exact) mass is 756 g/mol. The highest BCUT2D eigenvalue weighted by Gasteiger charge is 2.59. The normalized spacial score (nSPS) is 13.7. The average Bonchev–Trinajstić information content (AvgIpc) is 3.60. The molecule has 10 aromatic carbocycles. The van der Waals surface area contributed by atoms with Gasteiger partial charge in [0.25, 0.3) is 0 Å². The first-order chi connectivity index (χ1) is 28.6. The van der Waals surface area contributed by atoms with Crippen LogP contribution in [-0.4, -0.2) is 0 Å². The summed E-state index contributed by atoms with van der Waals surface area (Å²) in [6, 6.07) is 68.3. The molecule has 0 radical (unpaired) electrons. The van der Waals surface area contributed by atoms with E-state index in [1.54, 1.807) is 0 Å². The van der Waals surface area contributed by atoms with Gasteiger partial charge >= 0.3 is 0 Å². The molecule has 11 rings (SSSR count). The molecule has 0 nitrogen and oxygen atoms in total. The van der Waals surface area contributed by atoms with Crippen LogP contribution in [-0.2, 0) is 5.41 Å². The molecule has 0 spiro atoms. The van der Waals surface area contributed by atoms with Crippen molar-refractivity contribution in [1.82, 2.24) is 0 Å². The summed E-state index contributed by atoms with van der Waals surface area (Å²) in [7, 11) is 0. The lowest BCUT2D eigenvalue weighted by Crippen LogP contribution is -2.50. The van der Waals surface area contributed by atoms with E-state index in [0.29, 0.717) is 0 Å². The molecule has 284 valence electrons. The summed E-state index contributed by atoms with van der Waals surface area (Å²) in [5, 5.41) is 13.1. The molecule has 0 bridgehead atoms. The summed E-state index contributed by atoms with van der Waals surface area (Å²) < 4.78 is 0. The van der Waals surface area contributed by atoms with E-state index in [0.717, 1.165) is 0 Å². The Labute approximate surface area is 347 Å². The number of fused-ring (bicyclic) bond motifs is 12. The number of benzene rings is 10. The van der Waals surface area contributed by atoms with E-state index in [2.05, 4.69) is 224 Å². The quantitative estimate of drug-likeness (QED) is 0.124. The molecule has 10 aromatic rings. The van der Waals surface area contributed by atoms with E-state index in [1.807, 2.05) is 0 Å². The molecule has 0 heteroatoms. The second kappa shape index (κ2) is 12.7. The van der Waals surface area contributed by atoms with Crippen LogP contribution in [0.2, 0.25) is 0 Å². The minimum absolute atomic E-state index is 0.106. The first-order valence-corrected chi connectivity index (χ1v) is 21.2. The molecule has 1 aliphatic carbocycles. The molecule has 0 fully saturated rings. The van der Waals surface area contributed by atoms with Gasteiger partial charge in [-0.1, -0.05) is 217 Å². The first-order valence-electron chi connectivity index (χ1n) is 21.2. The summed E-state index contributed by atoms with van der Waals surface area (Å²) in [5.41, 5.74) is 12.8. The second-order valence-corrected chi connectivity index (χ2v) is 18.8. The fourth-order valence-corrected chi connectivity index (χ4v) is 11.9. The van der Waals surface area contributed by atoms with Crippen molar-refractivity contribution >= 4 is 53.9 Å². The van der Waals surface area contributed by atoms with E-state index in [9.17, 15) is 0 Å². The van der Waals surface area contributed by atoms with Gasteiger partial charge in [0.1, 0.15) is 0 Å². The third kappa shape index (κ3) is 4.96. The minimum atomic E-state index is -0.285. The lowest BCUT2D eigenvalue weighted by molar-refractivity contribution is 0.0977. The molecule has 0 saturated heterocycles. The fourth-order valence-electron chi connectivity index (χ4n) is 11.9. The Morgan fingerprint density at radius 3 is 1.24 bits per heavy atom. The lowest BCUT2D eigenvalue weighted by Gasteiger charge is -2.54. The van der Waals surface area contributed by atoms with Crippen LogP contribution in [0.1, 0.15) is 52.7 Å². The zero-order chi connectivity index (χ0) is 40.3.